The average Bonchev–Trinajstić information content (AvgIpc) is 2.64. The molecular formula is C22H29FN2. The summed E-state index contributed by atoms with van der Waals surface area (Å²) in [6, 6.07) is 8.09. The lowest BCUT2D eigenvalue weighted by Gasteiger charge is -2.27. The van der Waals surface area contributed by atoms with Crippen molar-refractivity contribution in [3.8, 4) is 11.1 Å². The van der Waals surface area contributed by atoms with Gasteiger partial charge in [-0.25, -0.2) is 9.97 Å². The van der Waals surface area contributed by atoms with Crippen molar-refractivity contribution in [3.05, 3.63) is 47.8 Å². The molecule has 0 unspecified atom stereocenters. The van der Waals surface area contributed by atoms with Gasteiger partial charge in [-0.2, -0.15) is 4.39 Å². The third kappa shape index (κ3) is 4.45. The molecule has 0 saturated heterocycles. The average molecular weight is 340 g/mol. The molecule has 1 saturated carbocycles. The highest BCUT2D eigenvalue weighted by atomic mass is 19.1. The van der Waals surface area contributed by atoms with Crippen molar-refractivity contribution in [2.24, 2.45) is 5.92 Å². The molecule has 0 aliphatic heterocycles. The number of halogens is 1. The minimum atomic E-state index is -0.385. The van der Waals surface area contributed by atoms with Crippen molar-refractivity contribution in [2.45, 2.75) is 71.1 Å². The Balaban J connectivity index is 1.71. The standard InChI is InChI=1S/C22H29FN2/c1-3-5-16-7-11-18(12-8-16)20-15-24-22(25-21(20)23)19-13-9-17(6-4-2)10-14-19/h7-8,11-12,15,17,19H,3-6,9-10,13-14H2,1-2H3. The summed E-state index contributed by atoms with van der Waals surface area (Å²) in [5.41, 5.74) is 2.65. The van der Waals surface area contributed by atoms with Gasteiger partial charge in [-0.15, -0.1) is 0 Å². The molecule has 0 radical (unpaired) electrons. The molecule has 134 valence electrons. The van der Waals surface area contributed by atoms with E-state index in [1.165, 1.54) is 31.2 Å². The number of hydrogen-bond donors (Lipinski definition) is 0. The number of benzene rings is 1. The van der Waals surface area contributed by atoms with Crippen LogP contribution in [0.25, 0.3) is 11.1 Å². The zero-order valence-corrected chi connectivity index (χ0v) is 15.5. The second kappa shape index (κ2) is 8.55. The normalized spacial score (nSPS) is 20.6. The molecule has 1 aromatic heterocycles. The third-order valence-corrected chi connectivity index (χ3v) is 5.47. The van der Waals surface area contributed by atoms with Crippen LogP contribution in [0.4, 0.5) is 4.39 Å². The van der Waals surface area contributed by atoms with E-state index in [9.17, 15) is 4.39 Å². The molecular weight excluding hydrogens is 311 g/mol. The zero-order valence-electron chi connectivity index (χ0n) is 15.5. The van der Waals surface area contributed by atoms with Gasteiger partial charge in [0.15, 0.2) is 0 Å². The molecule has 0 amide bonds. The van der Waals surface area contributed by atoms with Crippen LogP contribution in [-0.2, 0) is 6.42 Å². The van der Waals surface area contributed by atoms with Crippen LogP contribution in [0.15, 0.2) is 30.5 Å². The molecule has 3 heteroatoms. The van der Waals surface area contributed by atoms with E-state index >= 15 is 0 Å². The molecule has 0 atom stereocenters. The predicted octanol–water partition coefficient (Wildman–Crippen LogP) is 6.31. The van der Waals surface area contributed by atoms with E-state index in [0.29, 0.717) is 17.3 Å². The zero-order chi connectivity index (χ0) is 17.6. The number of aromatic nitrogens is 2. The third-order valence-electron chi connectivity index (χ3n) is 5.47. The van der Waals surface area contributed by atoms with Crippen LogP contribution in [-0.4, -0.2) is 9.97 Å². The van der Waals surface area contributed by atoms with Gasteiger partial charge in [0.2, 0.25) is 5.95 Å². The van der Waals surface area contributed by atoms with Crippen molar-refractivity contribution in [1.29, 1.82) is 0 Å². The summed E-state index contributed by atoms with van der Waals surface area (Å²) in [7, 11) is 0. The second-order valence-corrected chi connectivity index (χ2v) is 7.39. The number of rotatable bonds is 6. The van der Waals surface area contributed by atoms with Gasteiger partial charge < -0.3 is 0 Å². The highest BCUT2D eigenvalue weighted by molar-refractivity contribution is 5.62. The maximum Gasteiger partial charge on any atom is 0.224 e. The van der Waals surface area contributed by atoms with Gasteiger partial charge in [-0.05, 0) is 49.1 Å². The van der Waals surface area contributed by atoms with Crippen LogP contribution in [0.1, 0.15) is 76.1 Å². The lowest BCUT2D eigenvalue weighted by Crippen LogP contribution is -2.16. The summed E-state index contributed by atoms with van der Waals surface area (Å²) in [4.78, 5) is 8.74. The van der Waals surface area contributed by atoms with Gasteiger partial charge >= 0.3 is 0 Å². The molecule has 1 aliphatic carbocycles. The van der Waals surface area contributed by atoms with E-state index in [4.69, 9.17) is 0 Å². The Bertz CT molecular complexity index is 673. The van der Waals surface area contributed by atoms with E-state index in [0.717, 1.165) is 37.2 Å². The molecule has 25 heavy (non-hydrogen) atoms. The van der Waals surface area contributed by atoms with Crippen molar-refractivity contribution in [1.82, 2.24) is 9.97 Å². The van der Waals surface area contributed by atoms with Crippen molar-refractivity contribution < 1.29 is 4.39 Å². The van der Waals surface area contributed by atoms with E-state index in [1.807, 2.05) is 12.1 Å². The Kier molecular flexibility index (Phi) is 6.17. The maximum atomic E-state index is 14.6. The van der Waals surface area contributed by atoms with Crippen LogP contribution in [0, 0.1) is 11.9 Å². The summed E-state index contributed by atoms with van der Waals surface area (Å²) in [6.07, 6.45) is 11.1. The van der Waals surface area contributed by atoms with Gasteiger partial charge in [0.1, 0.15) is 5.82 Å². The van der Waals surface area contributed by atoms with Crippen LogP contribution in [0.2, 0.25) is 0 Å². The van der Waals surface area contributed by atoms with Gasteiger partial charge in [0, 0.05) is 12.1 Å². The highest BCUT2D eigenvalue weighted by Crippen LogP contribution is 2.36. The Hall–Kier alpha value is -1.77. The van der Waals surface area contributed by atoms with Gasteiger partial charge in [-0.1, -0.05) is 57.4 Å². The summed E-state index contributed by atoms with van der Waals surface area (Å²) in [5, 5.41) is 0. The minimum Gasteiger partial charge on any atom is -0.240 e. The molecule has 1 aromatic carbocycles. The van der Waals surface area contributed by atoms with Gasteiger partial charge in [0.05, 0.1) is 5.56 Å². The summed E-state index contributed by atoms with van der Waals surface area (Å²) < 4.78 is 14.6. The largest absolute Gasteiger partial charge is 0.240 e. The Morgan fingerprint density at radius 2 is 1.72 bits per heavy atom. The number of aryl methyl sites for hydroxylation is 1. The fraction of sp³-hybridized carbons (Fsp3) is 0.545. The lowest BCUT2D eigenvalue weighted by molar-refractivity contribution is 0.301. The fourth-order valence-electron chi connectivity index (χ4n) is 4.02. The quantitative estimate of drug-likeness (QED) is 0.576. The molecule has 2 aromatic rings. The first kappa shape index (κ1) is 18.0. The fourth-order valence-corrected chi connectivity index (χ4v) is 4.02. The van der Waals surface area contributed by atoms with Crippen LogP contribution in [0.5, 0.6) is 0 Å². The van der Waals surface area contributed by atoms with E-state index in [2.05, 4.69) is 35.9 Å². The minimum absolute atomic E-state index is 0.323. The molecule has 2 nitrogen and oxygen atoms in total. The van der Waals surface area contributed by atoms with Crippen molar-refractivity contribution in [3.63, 3.8) is 0 Å². The first-order valence-corrected chi connectivity index (χ1v) is 9.83. The molecule has 0 bridgehead atoms. The topological polar surface area (TPSA) is 25.8 Å². The SMILES string of the molecule is CCCc1ccc(-c2cnc(C3CCC(CCC)CC3)nc2F)cc1. The van der Waals surface area contributed by atoms with Gasteiger partial charge in [0.25, 0.3) is 0 Å². The predicted molar refractivity (Wildman–Crippen MR) is 101 cm³/mol. The number of hydrogen-bond acceptors (Lipinski definition) is 2. The monoisotopic (exact) mass is 340 g/mol. The summed E-state index contributed by atoms with van der Waals surface area (Å²) >= 11 is 0. The van der Waals surface area contributed by atoms with Crippen LogP contribution < -0.4 is 0 Å². The highest BCUT2D eigenvalue weighted by Gasteiger charge is 2.24. The molecule has 1 fully saturated rings. The van der Waals surface area contributed by atoms with E-state index in [1.54, 1.807) is 6.20 Å². The summed E-state index contributed by atoms with van der Waals surface area (Å²) in [6.45, 7) is 4.41. The van der Waals surface area contributed by atoms with E-state index in [-0.39, 0.29) is 5.95 Å². The molecule has 3 rings (SSSR count). The van der Waals surface area contributed by atoms with Crippen molar-refractivity contribution in [2.75, 3.05) is 0 Å². The lowest BCUT2D eigenvalue weighted by atomic mass is 9.80. The molecule has 0 N–H and O–H groups in total. The molecule has 1 heterocycles. The van der Waals surface area contributed by atoms with Crippen LogP contribution in [0.3, 0.4) is 0 Å². The Labute approximate surface area is 150 Å². The van der Waals surface area contributed by atoms with E-state index < -0.39 is 0 Å². The van der Waals surface area contributed by atoms with Gasteiger partial charge in [-0.3, -0.25) is 0 Å². The first-order valence-electron chi connectivity index (χ1n) is 9.83. The summed E-state index contributed by atoms with van der Waals surface area (Å²) in [5.74, 6) is 1.47. The molecule has 1 aliphatic rings. The smallest absolute Gasteiger partial charge is 0.224 e. The Morgan fingerprint density at radius 3 is 2.32 bits per heavy atom. The Morgan fingerprint density at radius 1 is 1.00 bits per heavy atom. The second-order valence-electron chi connectivity index (χ2n) is 7.39. The number of nitrogens with zero attached hydrogens (tertiary/aromatic N) is 2. The van der Waals surface area contributed by atoms with Crippen molar-refractivity contribution >= 4 is 0 Å². The molecule has 0 spiro atoms. The first-order chi connectivity index (χ1) is 12.2. The maximum absolute atomic E-state index is 14.6. The van der Waals surface area contributed by atoms with Crippen LogP contribution >= 0.6 is 0 Å².